The number of benzene rings is 3. The number of rotatable bonds is 6. The number of Topliss-reactive ketones (excluding diaryl/α,β-unsaturated/α-hetero) is 1. The number of hydrogen-bond donors (Lipinski definition) is 0. The third kappa shape index (κ3) is 5.09. The maximum absolute atomic E-state index is 13.4. The molecule has 0 radical (unpaired) electrons. The summed E-state index contributed by atoms with van der Waals surface area (Å²) >= 11 is 6.25. The van der Waals surface area contributed by atoms with Crippen molar-refractivity contribution in [3.63, 3.8) is 0 Å². The minimum Gasteiger partial charge on any atom is -0.451 e. The quantitative estimate of drug-likeness (QED) is 0.140. The molecule has 0 spiro atoms. The molecular weight excluding hydrogens is 552 g/mol. The van der Waals surface area contributed by atoms with Crippen LogP contribution in [0.2, 0.25) is 5.02 Å². The molecule has 4 atom stereocenters. The number of aromatic nitrogens is 1. The number of ketones is 1. The highest BCUT2D eigenvalue weighted by molar-refractivity contribution is 6.31. The van der Waals surface area contributed by atoms with Crippen LogP contribution in [0.5, 0.6) is 0 Å². The second-order valence-electron chi connectivity index (χ2n) is 11.2. The van der Waals surface area contributed by atoms with E-state index in [1.54, 1.807) is 79.7 Å². The van der Waals surface area contributed by atoms with Crippen LogP contribution in [0, 0.1) is 17.8 Å². The number of amides is 2. The monoisotopic (exact) mass is 580 g/mol. The zero-order valence-electron chi connectivity index (χ0n) is 23.2. The van der Waals surface area contributed by atoms with Crippen molar-refractivity contribution in [1.29, 1.82) is 0 Å². The van der Waals surface area contributed by atoms with Crippen LogP contribution in [0.3, 0.4) is 0 Å². The van der Waals surface area contributed by atoms with Crippen LogP contribution in [0.1, 0.15) is 53.8 Å². The van der Waals surface area contributed by atoms with Gasteiger partial charge in [-0.05, 0) is 68.5 Å². The highest BCUT2D eigenvalue weighted by Gasteiger charge is 2.49. The van der Waals surface area contributed by atoms with E-state index in [9.17, 15) is 19.2 Å². The first-order chi connectivity index (χ1) is 20.2. The number of hydrogen-bond acceptors (Lipinski definition) is 6. The molecule has 3 aromatic carbocycles. The van der Waals surface area contributed by atoms with Crippen LogP contribution in [-0.2, 0) is 14.3 Å². The molecule has 2 amide bonds. The zero-order chi connectivity index (χ0) is 29.5. The van der Waals surface area contributed by atoms with E-state index in [-0.39, 0.29) is 35.0 Å². The van der Waals surface area contributed by atoms with Gasteiger partial charge in [-0.2, -0.15) is 0 Å². The fourth-order valence-electron chi connectivity index (χ4n) is 6.05. The molecule has 4 unspecified atom stereocenters. The molecule has 2 heterocycles. The predicted octanol–water partition coefficient (Wildman–Crippen LogP) is 6.91. The molecule has 1 saturated carbocycles. The third-order valence-electron chi connectivity index (χ3n) is 8.31. The number of carbonyl (C=O) groups is 4. The number of ether oxygens (including phenoxy) is 1. The van der Waals surface area contributed by atoms with E-state index in [4.69, 9.17) is 21.3 Å². The van der Waals surface area contributed by atoms with E-state index < -0.39 is 12.1 Å². The first-order valence-electron chi connectivity index (χ1n) is 14.1. The second kappa shape index (κ2) is 11.1. The smallest absolute Gasteiger partial charge is 0.339 e. The lowest BCUT2D eigenvalue weighted by Crippen LogP contribution is -2.30. The van der Waals surface area contributed by atoms with E-state index in [1.807, 2.05) is 6.07 Å². The van der Waals surface area contributed by atoms with Gasteiger partial charge in [0.15, 0.2) is 6.10 Å². The highest BCUT2D eigenvalue weighted by atomic mass is 35.5. The molecule has 8 heteroatoms. The maximum Gasteiger partial charge on any atom is 0.339 e. The summed E-state index contributed by atoms with van der Waals surface area (Å²) in [6, 6.07) is 22.3. The van der Waals surface area contributed by atoms with E-state index in [0.717, 1.165) is 19.3 Å². The Kier molecular flexibility index (Phi) is 7.37. The van der Waals surface area contributed by atoms with Crippen LogP contribution in [0.25, 0.3) is 22.2 Å². The molecule has 1 aliphatic carbocycles. The molecule has 2 aliphatic rings. The lowest BCUT2D eigenvalue weighted by Gasteiger charge is -2.25. The van der Waals surface area contributed by atoms with Crippen molar-refractivity contribution in [3.8, 4) is 11.3 Å². The van der Waals surface area contributed by atoms with Gasteiger partial charge in [0.1, 0.15) is 0 Å². The van der Waals surface area contributed by atoms with Crippen LogP contribution < -0.4 is 4.90 Å². The topological polar surface area (TPSA) is 93.6 Å². The van der Waals surface area contributed by atoms with Gasteiger partial charge in [0.25, 0.3) is 0 Å². The van der Waals surface area contributed by atoms with Crippen molar-refractivity contribution in [2.45, 2.75) is 39.2 Å². The lowest BCUT2D eigenvalue weighted by molar-refractivity contribution is -0.122. The Morgan fingerprint density at radius 1 is 0.929 bits per heavy atom. The van der Waals surface area contributed by atoms with Gasteiger partial charge in [0, 0.05) is 21.5 Å². The van der Waals surface area contributed by atoms with E-state index in [0.29, 0.717) is 44.4 Å². The minimum atomic E-state index is -1.01. The van der Waals surface area contributed by atoms with Crippen LogP contribution in [0.15, 0.2) is 78.9 Å². The second-order valence-corrected chi connectivity index (χ2v) is 11.6. The molecule has 4 aromatic rings. The molecule has 42 heavy (non-hydrogen) atoms. The normalized spacial score (nSPS) is 20.8. The molecule has 1 aromatic heterocycles. The summed E-state index contributed by atoms with van der Waals surface area (Å²) in [5.74, 6) is -1.31. The number of halogens is 1. The summed E-state index contributed by atoms with van der Waals surface area (Å²) in [5, 5.41) is 0.927. The number of nitrogens with zero attached hydrogens (tertiary/aromatic N) is 2. The number of imide groups is 1. The van der Waals surface area contributed by atoms with Crippen LogP contribution >= 0.6 is 11.6 Å². The first-order valence-corrected chi connectivity index (χ1v) is 14.5. The molecule has 2 fully saturated rings. The number of esters is 1. The highest BCUT2D eigenvalue weighted by Crippen LogP contribution is 2.42. The number of carbonyl (C=O) groups excluding carboxylic acids is 4. The van der Waals surface area contributed by atoms with Gasteiger partial charge in [-0.25, -0.2) is 9.78 Å². The fourth-order valence-corrected chi connectivity index (χ4v) is 6.23. The van der Waals surface area contributed by atoms with Crippen molar-refractivity contribution >= 4 is 51.8 Å². The van der Waals surface area contributed by atoms with Crippen molar-refractivity contribution < 1.29 is 23.9 Å². The van der Waals surface area contributed by atoms with Gasteiger partial charge in [0.05, 0.1) is 34.3 Å². The Morgan fingerprint density at radius 3 is 2.38 bits per heavy atom. The van der Waals surface area contributed by atoms with Gasteiger partial charge in [-0.1, -0.05) is 61.0 Å². The first kappa shape index (κ1) is 27.8. The molecule has 0 N–H and O–H groups in total. The summed E-state index contributed by atoms with van der Waals surface area (Å²) in [4.78, 5) is 58.6. The molecule has 212 valence electrons. The zero-order valence-corrected chi connectivity index (χ0v) is 24.0. The van der Waals surface area contributed by atoms with Gasteiger partial charge >= 0.3 is 5.97 Å². The van der Waals surface area contributed by atoms with Crippen LogP contribution in [-0.4, -0.2) is 34.7 Å². The third-order valence-corrected chi connectivity index (χ3v) is 8.55. The average Bonchev–Trinajstić information content (AvgIpc) is 3.25. The van der Waals surface area contributed by atoms with Gasteiger partial charge < -0.3 is 4.74 Å². The largest absolute Gasteiger partial charge is 0.451 e. The standard InChI is InChI=1S/C34H29ClN2O5/c1-19-8-14-25-27(16-19)33(40)37(32(25)39)24-12-9-21(10-13-24)30-18-28(26-17-23(35)11-15-29(26)36-30)34(41)42-20(2)31(38)22-6-4-3-5-7-22/h3-7,9-13,15,17-20,25,27H,8,14,16H2,1-2H3. The summed E-state index contributed by atoms with van der Waals surface area (Å²) < 4.78 is 5.61. The average molecular weight is 581 g/mol. The lowest BCUT2D eigenvalue weighted by atomic mass is 9.76. The summed E-state index contributed by atoms with van der Waals surface area (Å²) in [6.45, 7) is 3.67. The summed E-state index contributed by atoms with van der Waals surface area (Å²) in [6.07, 6.45) is 1.43. The Bertz CT molecular complexity index is 1720. The SMILES string of the molecule is CC1CCC2C(=O)N(c3ccc(-c4cc(C(=O)OC(C)C(=O)c5ccccc5)c5cc(Cl)ccc5n4)cc3)C(=O)C2C1. The predicted molar refractivity (Wildman–Crippen MR) is 160 cm³/mol. The van der Waals surface area contributed by atoms with Crippen molar-refractivity contribution in [2.75, 3.05) is 4.90 Å². The Labute approximate surface area is 248 Å². The number of fused-ring (bicyclic) bond motifs is 2. The maximum atomic E-state index is 13.4. The molecule has 1 saturated heterocycles. The molecular formula is C34H29ClN2O5. The van der Waals surface area contributed by atoms with Crippen LogP contribution in [0.4, 0.5) is 5.69 Å². The van der Waals surface area contributed by atoms with Crippen molar-refractivity contribution in [2.24, 2.45) is 17.8 Å². The van der Waals surface area contributed by atoms with E-state index in [2.05, 4.69) is 6.92 Å². The Hall–Kier alpha value is -4.36. The van der Waals surface area contributed by atoms with Gasteiger partial charge in [0.2, 0.25) is 17.6 Å². The Morgan fingerprint density at radius 2 is 1.64 bits per heavy atom. The summed E-state index contributed by atoms with van der Waals surface area (Å²) in [7, 11) is 0. The number of pyridine rings is 1. The molecule has 7 nitrogen and oxygen atoms in total. The van der Waals surface area contributed by atoms with E-state index >= 15 is 0 Å². The fraction of sp³-hybridized carbons (Fsp3) is 0.265. The molecule has 1 aliphatic heterocycles. The Balaban J connectivity index is 1.30. The molecule has 6 rings (SSSR count). The summed E-state index contributed by atoms with van der Waals surface area (Å²) in [5.41, 5.74) is 2.90. The minimum absolute atomic E-state index is 0.130. The molecule has 0 bridgehead atoms. The van der Waals surface area contributed by atoms with Gasteiger partial charge in [-0.3, -0.25) is 19.3 Å². The van der Waals surface area contributed by atoms with Gasteiger partial charge in [-0.15, -0.1) is 0 Å². The van der Waals surface area contributed by atoms with Crippen molar-refractivity contribution in [1.82, 2.24) is 4.98 Å². The van der Waals surface area contributed by atoms with Crippen molar-refractivity contribution in [3.05, 3.63) is 95.0 Å². The van der Waals surface area contributed by atoms with E-state index in [1.165, 1.54) is 4.90 Å². The number of anilines is 1.